The van der Waals surface area contributed by atoms with Crippen molar-refractivity contribution in [2.45, 2.75) is 25.2 Å². The van der Waals surface area contributed by atoms with Crippen molar-refractivity contribution >= 4 is 21.4 Å². The molecular weight excluding hydrogens is 324 g/mol. The fourth-order valence-corrected chi connectivity index (χ4v) is 4.76. The van der Waals surface area contributed by atoms with E-state index in [1.54, 1.807) is 0 Å². The van der Waals surface area contributed by atoms with Crippen molar-refractivity contribution in [2.75, 3.05) is 17.9 Å². The number of hydrogen-bond acceptors (Lipinski definition) is 4. The number of nitrogens with zero attached hydrogens (tertiary/aromatic N) is 1. The van der Waals surface area contributed by atoms with Gasteiger partial charge in [0.15, 0.2) is 0 Å². The number of sulfonamides is 1. The first kappa shape index (κ1) is 16.8. The van der Waals surface area contributed by atoms with Crippen LogP contribution in [0.1, 0.15) is 18.4 Å². The van der Waals surface area contributed by atoms with Crippen LogP contribution in [0.3, 0.4) is 0 Å². The maximum Gasteiger partial charge on any atom is 0.277 e. The molecule has 2 aromatic rings. The molecule has 6 heteroatoms. The second kappa shape index (κ2) is 6.83. The fraction of sp³-hybridized carbons (Fsp3) is 0.333. The van der Waals surface area contributed by atoms with Crippen LogP contribution in [0.4, 0.5) is 11.4 Å². The molecule has 2 aromatic carbocycles. The Morgan fingerprint density at radius 1 is 1.12 bits per heavy atom. The summed E-state index contributed by atoms with van der Waals surface area (Å²) in [6, 6.07) is 14.8. The van der Waals surface area contributed by atoms with Crippen LogP contribution in [0, 0.1) is 6.92 Å². The van der Waals surface area contributed by atoms with Gasteiger partial charge in [0.2, 0.25) is 5.44 Å². The Balaban J connectivity index is 2.10. The van der Waals surface area contributed by atoms with Crippen LogP contribution >= 0.6 is 0 Å². The number of para-hydroxylation sites is 2. The molecule has 0 amide bonds. The molecule has 0 saturated heterocycles. The highest BCUT2D eigenvalue weighted by Crippen LogP contribution is 2.44. The monoisotopic (exact) mass is 346 g/mol. The number of nitrogens with one attached hydrogen (secondary N) is 1. The number of rotatable bonds is 5. The molecule has 0 spiro atoms. The average molecular weight is 346 g/mol. The fourth-order valence-electron chi connectivity index (χ4n) is 2.93. The van der Waals surface area contributed by atoms with Gasteiger partial charge in [-0.05, 0) is 50.7 Å². The molecule has 1 atom stereocenters. The zero-order valence-electron chi connectivity index (χ0n) is 13.9. The van der Waals surface area contributed by atoms with Crippen molar-refractivity contribution in [3.63, 3.8) is 0 Å². The second-order valence-electron chi connectivity index (χ2n) is 5.86. The lowest BCUT2D eigenvalue weighted by molar-refractivity contribution is 0.254. The molecule has 5 nitrogen and oxygen atoms in total. The molecule has 0 fully saturated rings. The van der Waals surface area contributed by atoms with E-state index in [2.05, 4.69) is 5.32 Å². The molecule has 0 aromatic heterocycles. The molecular formula is C18H22N2O3S. The van der Waals surface area contributed by atoms with E-state index in [9.17, 15) is 8.42 Å². The quantitative estimate of drug-likeness (QED) is 0.845. The standard InChI is InChI=1S/C18H22N2O3S/c1-14-8-6-11-16-18(14)20(15-9-4-3-5-10-15)24(21,22)17(23-16)12-7-13-19-2/h3-6,8-11,17,19H,7,12-13H2,1-2H3. The molecule has 0 aliphatic carbocycles. The zero-order chi connectivity index (χ0) is 17.2. The highest BCUT2D eigenvalue weighted by atomic mass is 32.2. The third kappa shape index (κ3) is 2.99. The van der Waals surface area contributed by atoms with E-state index >= 15 is 0 Å². The zero-order valence-corrected chi connectivity index (χ0v) is 14.7. The minimum Gasteiger partial charge on any atom is -0.470 e. The molecule has 24 heavy (non-hydrogen) atoms. The summed E-state index contributed by atoms with van der Waals surface area (Å²) < 4.78 is 33.7. The third-order valence-electron chi connectivity index (χ3n) is 4.11. The van der Waals surface area contributed by atoms with Crippen LogP contribution in [0.25, 0.3) is 0 Å². The van der Waals surface area contributed by atoms with Crippen LogP contribution in [-0.4, -0.2) is 27.4 Å². The molecule has 1 N–H and O–H groups in total. The third-order valence-corrected chi connectivity index (χ3v) is 6.00. The van der Waals surface area contributed by atoms with E-state index in [0.29, 0.717) is 23.5 Å². The number of anilines is 2. The summed E-state index contributed by atoms with van der Waals surface area (Å²) in [6.45, 7) is 2.65. The second-order valence-corrected chi connectivity index (χ2v) is 7.78. The van der Waals surface area contributed by atoms with Crippen LogP contribution < -0.4 is 14.4 Å². The first-order chi connectivity index (χ1) is 11.6. The first-order valence-corrected chi connectivity index (χ1v) is 9.56. The van der Waals surface area contributed by atoms with E-state index in [1.807, 2.05) is 62.5 Å². The largest absolute Gasteiger partial charge is 0.470 e. The highest BCUT2D eigenvalue weighted by molar-refractivity contribution is 7.93. The maximum atomic E-state index is 13.2. The number of aryl methyl sites for hydroxylation is 1. The van der Waals surface area contributed by atoms with Gasteiger partial charge < -0.3 is 10.1 Å². The molecule has 128 valence electrons. The van der Waals surface area contributed by atoms with E-state index in [-0.39, 0.29) is 0 Å². The summed E-state index contributed by atoms with van der Waals surface area (Å²) in [6.07, 6.45) is 1.17. The Hall–Kier alpha value is -2.05. The molecule has 0 bridgehead atoms. The van der Waals surface area contributed by atoms with Crippen LogP contribution in [0.2, 0.25) is 0 Å². The SMILES string of the molecule is CNCCCC1Oc2cccc(C)c2N(c2ccccc2)S1(=O)=O. The Morgan fingerprint density at radius 2 is 1.88 bits per heavy atom. The Morgan fingerprint density at radius 3 is 2.58 bits per heavy atom. The lowest BCUT2D eigenvalue weighted by Gasteiger charge is -2.36. The Bertz CT molecular complexity index is 806. The average Bonchev–Trinajstić information content (AvgIpc) is 2.57. The molecule has 1 heterocycles. The number of ether oxygens (including phenoxy) is 1. The molecule has 1 aliphatic rings. The summed E-state index contributed by atoms with van der Waals surface area (Å²) in [5, 5.41) is 3.04. The summed E-state index contributed by atoms with van der Waals surface area (Å²) in [5.41, 5.74) is 1.23. The van der Waals surface area contributed by atoms with E-state index in [0.717, 1.165) is 18.5 Å². The maximum absolute atomic E-state index is 13.2. The van der Waals surface area contributed by atoms with Crippen molar-refractivity contribution in [2.24, 2.45) is 0 Å². The highest BCUT2D eigenvalue weighted by Gasteiger charge is 2.41. The van der Waals surface area contributed by atoms with Gasteiger partial charge in [-0.15, -0.1) is 0 Å². The topological polar surface area (TPSA) is 58.6 Å². The van der Waals surface area contributed by atoms with Gasteiger partial charge >= 0.3 is 0 Å². The van der Waals surface area contributed by atoms with Crippen molar-refractivity contribution in [3.05, 3.63) is 54.1 Å². The Kier molecular flexibility index (Phi) is 4.78. The lowest BCUT2D eigenvalue weighted by atomic mass is 10.1. The van der Waals surface area contributed by atoms with Crippen LogP contribution in [0.5, 0.6) is 5.75 Å². The number of benzene rings is 2. The van der Waals surface area contributed by atoms with Gasteiger partial charge in [-0.3, -0.25) is 0 Å². The van der Waals surface area contributed by atoms with Gasteiger partial charge in [-0.1, -0.05) is 30.3 Å². The first-order valence-electron chi connectivity index (χ1n) is 8.06. The summed E-state index contributed by atoms with van der Waals surface area (Å²) >= 11 is 0. The van der Waals surface area contributed by atoms with Gasteiger partial charge in [0.1, 0.15) is 11.4 Å². The molecule has 1 unspecified atom stereocenters. The van der Waals surface area contributed by atoms with Gasteiger partial charge in [0.05, 0.1) is 5.69 Å². The van der Waals surface area contributed by atoms with E-state index in [1.165, 1.54) is 4.31 Å². The van der Waals surface area contributed by atoms with Crippen molar-refractivity contribution in [1.82, 2.24) is 5.32 Å². The predicted molar refractivity (Wildman–Crippen MR) is 96.3 cm³/mol. The van der Waals surface area contributed by atoms with E-state index < -0.39 is 15.5 Å². The van der Waals surface area contributed by atoms with Gasteiger partial charge in [-0.25, -0.2) is 12.7 Å². The van der Waals surface area contributed by atoms with Crippen LogP contribution in [0.15, 0.2) is 48.5 Å². The minimum absolute atomic E-state index is 0.444. The Labute approximate surface area is 143 Å². The summed E-state index contributed by atoms with van der Waals surface area (Å²) in [7, 11) is -1.80. The predicted octanol–water partition coefficient (Wildman–Crippen LogP) is 3.18. The molecule has 0 radical (unpaired) electrons. The molecule has 1 aliphatic heterocycles. The van der Waals surface area contributed by atoms with Gasteiger partial charge in [0, 0.05) is 6.42 Å². The van der Waals surface area contributed by atoms with Crippen molar-refractivity contribution < 1.29 is 13.2 Å². The molecule has 0 saturated carbocycles. The van der Waals surface area contributed by atoms with E-state index in [4.69, 9.17) is 4.74 Å². The minimum atomic E-state index is -3.65. The molecule has 3 rings (SSSR count). The summed E-state index contributed by atoms with van der Waals surface area (Å²) in [4.78, 5) is 0. The summed E-state index contributed by atoms with van der Waals surface area (Å²) in [5.74, 6) is 0.614. The normalized spacial score (nSPS) is 18.8. The number of hydrogen-bond donors (Lipinski definition) is 1. The van der Waals surface area contributed by atoms with Crippen molar-refractivity contribution in [3.8, 4) is 5.75 Å². The smallest absolute Gasteiger partial charge is 0.277 e. The van der Waals surface area contributed by atoms with Gasteiger partial charge in [0.25, 0.3) is 10.0 Å². The number of fused-ring (bicyclic) bond motifs is 1. The lowest BCUT2D eigenvalue weighted by Crippen LogP contribution is -2.43. The van der Waals surface area contributed by atoms with Gasteiger partial charge in [-0.2, -0.15) is 0 Å². The van der Waals surface area contributed by atoms with Crippen LogP contribution in [-0.2, 0) is 10.0 Å². The van der Waals surface area contributed by atoms with Crippen molar-refractivity contribution in [1.29, 1.82) is 0 Å².